The third-order valence-electron chi connectivity index (χ3n) is 1.82. The Morgan fingerprint density at radius 1 is 1.46 bits per heavy atom. The molecule has 0 fully saturated rings. The summed E-state index contributed by atoms with van der Waals surface area (Å²) in [5.41, 5.74) is 2.23. The Labute approximate surface area is 89.3 Å². The lowest BCUT2D eigenvalue weighted by molar-refractivity contribution is 0.765. The third-order valence-corrected chi connectivity index (χ3v) is 3.54. The van der Waals surface area contributed by atoms with Crippen molar-refractivity contribution in [3.63, 3.8) is 0 Å². The molecule has 13 heavy (non-hydrogen) atoms. The van der Waals surface area contributed by atoms with Gasteiger partial charge in [-0.3, -0.25) is 4.68 Å². The highest BCUT2D eigenvalue weighted by Crippen LogP contribution is 2.29. The fourth-order valence-electron chi connectivity index (χ4n) is 1.29. The summed E-state index contributed by atoms with van der Waals surface area (Å²) < 4.78 is 3.04. The number of aromatic nitrogens is 2. The van der Waals surface area contributed by atoms with Gasteiger partial charge < -0.3 is 0 Å². The highest BCUT2D eigenvalue weighted by Gasteiger charge is 2.06. The lowest BCUT2D eigenvalue weighted by atomic mass is 10.3. The van der Waals surface area contributed by atoms with Gasteiger partial charge in [-0.2, -0.15) is 5.10 Å². The van der Waals surface area contributed by atoms with Crippen LogP contribution in [0.15, 0.2) is 22.0 Å². The standard InChI is InChI=1S/C9H9BrN2S/c1-6-3-8(12(2)11-6)9-4-7(10)5-13-9/h3-5H,1-2H3. The van der Waals surface area contributed by atoms with Gasteiger partial charge in [0, 0.05) is 16.9 Å². The predicted octanol–water partition coefficient (Wildman–Crippen LogP) is 3.22. The molecule has 0 atom stereocenters. The number of rotatable bonds is 1. The highest BCUT2D eigenvalue weighted by atomic mass is 79.9. The molecule has 0 N–H and O–H groups in total. The molecule has 0 aliphatic carbocycles. The number of halogens is 1. The van der Waals surface area contributed by atoms with Crippen LogP contribution in [0, 0.1) is 6.92 Å². The van der Waals surface area contributed by atoms with Crippen molar-refractivity contribution in [3.8, 4) is 10.6 Å². The summed E-state index contributed by atoms with van der Waals surface area (Å²) in [6.45, 7) is 2.01. The zero-order chi connectivity index (χ0) is 9.42. The molecule has 68 valence electrons. The zero-order valence-corrected chi connectivity index (χ0v) is 9.82. The van der Waals surface area contributed by atoms with Crippen LogP contribution >= 0.6 is 27.3 Å². The topological polar surface area (TPSA) is 17.8 Å². The van der Waals surface area contributed by atoms with E-state index >= 15 is 0 Å². The van der Waals surface area contributed by atoms with E-state index in [4.69, 9.17) is 0 Å². The molecule has 0 bridgehead atoms. The Bertz CT molecular complexity index is 431. The van der Waals surface area contributed by atoms with Crippen molar-refractivity contribution in [2.24, 2.45) is 7.05 Å². The molecule has 0 saturated heterocycles. The van der Waals surface area contributed by atoms with Crippen molar-refractivity contribution in [2.75, 3.05) is 0 Å². The zero-order valence-electron chi connectivity index (χ0n) is 7.41. The van der Waals surface area contributed by atoms with Gasteiger partial charge in [-0.15, -0.1) is 11.3 Å². The average Bonchev–Trinajstić information content (AvgIpc) is 2.58. The summed E-state index contributed by atoms with van der Waals surface area (Å²) in [7, 11) is 1.97. The van der Waals surface area contributed by atoms with E-state index in [0.717, 1.165) is 10.2 Å². The van der Waals surface area contributed by atoms with E-state index in [-0.39, 0.29) is 0 Å². The normalized spacial score (nSPS) is 10.7. The van der Waals surface area contributed by atoms with Crippen molar-refractivity contribution in [1.82, 2.24) is 9.78 Å². The largest absolute Gasteiger partial charge is 0.267 e. The minimum Gasteiger partial charge on any atom is -0.267 e. The summed E-state index contributed by atoms with van der Waals surface area (Å²) >= 11 is 5.16. The van der Waals surface area contributed by atoms with E-state index in [2.05, 4.69) is 38.5 Å². The van der Waals surface area contributed by atoms with E-state index in [1.807, 2.05) is 18.7 Å². The van der Waals surface area contributed by atoms with E-state index in [0.29, 0.717) is 0 Å². The van der Waals surface area contributed by atoms with Crippen LogP contribution in [0.3, 0.4) is 0 Å². The van der Waals surface area contributed by atoms with E-state index < -0.39 is 0 Å². The fourth-order valence-corrected chi connectivity index (χ4v) is 2.76. The van der Waals surface area contributed by atoms with E-state index in [9.17, 15) is 0 Å². The number of aryl methyl sites for hydroxylation is 2. The van der Waals surface area contributed by atoms with E-state index in [1.54, 1.807) is 11.3 Å². The first-order chi connectivity index (χ1) is 6.16. The van der Waals surface area contributed by atoms with Gasteiger partial charge in [0.05, 0.1) is 16.3 Å². The molecule has 4 heteroatoms. The molecule has 2 heterocycles. The van der Waals surface area contributed by atoms with Gasteiger partial charge in [0.15, 0.2) is 0 Å². The van der Waals surface area contributed by atoms with Crippen LogP contribution in [-0.2, 0) is 7.05 Å². The third kappa shape index (κ3) is 1.69. The van der Waals surface area contributed by atoms with Crippen molar-refractivity contribution in [1.29, 1.82) is 0 Å². The minimum atomic E-state index is 1.06. The van der Waals surface area contributed by atoms with Crippen LogP contribution in [0.2, 0.25) is 0 Å². The summed E-state index contributed by atoms with van der Waals surface area (Å²) in [6.07, 6.45) is 0. The van der Waals surface area contributed by atoms with Crippen LogP contribution in [0.5, 0.6) is 0 Å². The number of hydrogen-bond donors (Lipinski definition) is 0. The van der Waals surface area contributed by atoms with Gasteiger partial charge in [-0.1, -0.05) is 0 Å². The van der Waals surface area contributed by atoms with Crippen molar-refractivity contribution < 1.29 is 0 Å². The summed E-state index contributed by atoms with van der Waals surface area (Å²) in [6, 6.07) is 4.21. The molecule has 0 radical (unpaired) electrons. The fraction of sp³-hybridized carbons (Fsp3) is 0.222. The maximum absolute atomic E-state index is 4.30. The Hall–Kier alpha value is -0.610. The van der Waals surface area contributed by atoms with Crippen LogP contribution in [0.1, 0.15) is 5.69 Å². The maximum Gasteiger partial charge on any atom is 0.0781 e. The lowest BCUT2D eigenvalue weighted by Gasteiger charge is -1.95. The molecule has 2 aromatic heterocycles. The summed E-state index contributed by atoms with van der Waals surface area (Å²) in [5, 5.41) is 6.39. The van der Waals surface area contributed by atoms with Crippen LogP contribution < -0.4 is 0 Å². The Balaban J connectivity index is 2.51. The second kappa shape index (κ2) is 3.27. The maximum atomic E-state index is 4.30. The molecular formula is C9H9BrN2S. The molecule has 0 saturated carbocycles. The molecule has 0 aliphatic rings. The average molecular weight is 257 g/mol. The SMILES string of the molecule is Cc1cc(-c2cc(Br)cs2)n(C)n1. The van der Waals surface area contributed by atoms with Gasteiger partial charge in [0.25, 0.3) is 0 Å². The Kier molecular flexibility index (Phi) is 2.26. The number of thiophene rings is 1. The number of hydrogen-bond acceptors (Lipinski definition) is 2. The monoisotopic (exact) mass is 256 g/mol. The van der Waals surface area contributed by atoms with Crippen LogP contribution in [0.25, 0.3) is 10.6 Å². The molecule has 0 spiro atoms. The first kappa shape index (κ1) is 8.97. The molecule has 0 amide bonds. The number of nitrogens with zero attached hydrogens (tertiary/aromatic N) is 2. The van der Waals surface area contributed by atoms with E-state index in [1.165, 1.54) is 10.6 Å². The summed E-state index contributed by atoms with van der Waals surface area (Å²) in [4.78, 5) is 1.25. The molecular weight excluding hydrogens is 248 g/mol. The second-order valence-electron chi connectivity index (χ2n) is 2.92. The molecule has 0 aliphatic heterocycles. The predicted molar refractivity (Wildman–Crippen MR) is 59.0 cm³/mol. The second-order valence-corrected chi connectivity index (χ2v) is 4.75. The molecule has 2 aromatic rings. The van der Waals surface area contributed by atoms with Gasteiger partial charge in [0.1, 0.15) is 0 Å². The minimum absolute atomic E-state index is 1.06. The first-order valence-corrected chi connectivity index (χ1v) is 5.59. The van der Waals surface area contributed by atoms with Crippen molar-refractivity contribution in [3.05, 3.63) is 27.7 Å². The molecule has 2 nitrogen and oxygen atoms in total. The highest BCUT2D eigenvalue weighted by molar-refractivity contribution is 9.10. The van der Waals surface area contributed by atoms with Gasteiger partial charge in [0.2, 0.25) is 0 Å². The smallest absolute Gasteiger partial charge is 0.0781 e. The van der Waals surface area contributed by atoms with Crippen LogP contribution in [-0.4, -0.2) is 9.78 Å². The van der Waals surface area contributed by atoms with Crippen LogP contribution in [0.4, 0.5) is 0 Å². The molecule has 0 aromatic carbocycles. The van der Waals surface area contributed by atoms with Crippen molar-refractivity contribution >= 4 is 27.3 Å². The quantitative estimate of drug-likeness (QED) is 0.767. The van der Waals surface area contributed by atoms with Gasteiger partial charge >= 0.3 is 0 Å². The Morgan fingerprint density at radius 2 is 2.23 bits per heavy atom. The first-order valence-electron chi connectivity index (χ1n) is 3.92. The van der Waals surface area contributed by atoms with Crippen molar-refractivity contribution in [2.45, 2.75) is 6.92 Å². The lowest BCUT2D eigenvalue weighted by Crippen LogP contribution is -1.91. The van der Waals surface area contributed by atoms with Gasteiger partial charge in [-0.05, 0) is 35.0 Å². The molecule has 0 unspecified atom stereocenters. The summed E-state index contributed by atoms with van der Waals surface area (Å²) in [5.74, 6) is 0. The Morgan fingerprint density at radius 3 is 2.69 bits per heavy atom. The van der Waals surface area contributed by atoms with Gasteiger partial charge in [-0.25, -0.2) is 0 Å². The molecule has 2 rings (SSSR count).